The van der Waals surface area contributed by atoms with Gasteiger partial charge in [-0.2, -0.15) is 0 Å². The van der Waals surface area contributed by atoms with Crippen LogP contribution >= 0.6 is 27.7 Å². The second-order valence-corrected chi connectivity index (χ2v) is 7.65. The number of hydrogen-bond donors (Lipinski definition) is 0. The van der Waals surface area contributed by atoms with Gasteiger partial charge in [0, 0.05) is 14.1 Å². The number of rotatable bonds is 5. The summed E-state index contributed by atoms with van der Waals surface area (Å²) in [6, 6.07) is 13.7. The first-order chi connectivity index (χ1) is 13.0. The monoisotopic (exact) mass is 446 g/mol. The summed E-state index contributed by atoms with van der Waals surface area (Å²) in [5.74, 6) is 1.15. The first-order valence-corrected chi connectivity index (χ1v) is 9.83. The smallest absolute Gasteiger partial charge is 0.266 e. The molecule has 1 saturated heterocycles. The van der Waals surface area contributed by atoms with Crippen LogP contribution in [0.5, 0.6) is 11.5 Å². The summed E-state index contributed by atoms with van der Waals surface area (Å²) in [4.78, 5) is 18.6. The summed E-state index contributed by atoms with van der Waals surface area (Å²) in [5, 5.41) is 0.681. The summed E-state index contributed by atoms with van der Waals surface area (Å²) in [6.07, 6.45) is 1.83. The van der Waals surface area contributed by atoms with Crippen molar-refractivity contribution in [3.8, 4) is 11.5 Å². The average molecular weight is 447 g/mol. The van der Waals surface area contributed by atoms with Crippen LogP contribution in [-0.2, 0) is 11.4 Å². The molecule has 27 heavy (non-hydrogen) atoms. The molecule has 0 aliphatic carbocycles. The van der Waals surface area contributed by atoms with E-state index in [1.165, 1.54) is 11.8 Å². The fraction of sp³-hybridized carbons (Fsp3) is 0.200. The first-order valence-electron chi connectivity index (χ1n) is 8.22. The van der Waals surface area contributed by atoms with Crippen molar-refractivity contribution < 1.29 is 14.3 Å². The zero-order valence-corrected chi connectivity index (χ0v) is 17.6. The van der Waals surface area contributed by atoms with Crippen LogP contribution in [0.15, 0.2) is 56.8 Å². The van der Waals surface area contributed by atoms with Crippen molar-refractivity contribution in [3.05, 3.63) is 63.0 Å². The third-order valence-electron chi connectivity index (χ3n) is 3.97. The molecule has 0 unspecified atom stereocenters. The standard InChI is InChI=1S/C20H19BrN2O3S/c1-22-20-23(2)19(24)17(27-20)11-14-9-15(21)18(16(10-14)25-3)26-12-13-7-5-4-6-8-13/h4-11H,12H2,1-3H3/b17-11-,22-20?. The van der Waals surface area contributed by atoms with Gasteiger partial charge in [-0.15, -0.1) is 0 Å². The van der Waals surface area contributed by atoms with E-state index in [9.17, 15) is 4.79 Å². The minimum Gasteiger partial charge on any atom is -0.493 e. The number of ether oxygens (including phenoxy) is 2. The number of nitrogens with zero attached hydrogens (tertiary/aromatic N) is 2. The highest BCUT2D eigenvalue weighted by atomic mass is 79.9. The van der Waals surface area contributed by atoms with Gasteiger partial charge in [0.2, 0.25) is 0 Å². The highest BCUT2D eigenvalue weighted by Crippen LogP contribution is 2.39. The fourth-order valence-corrected chi connectivity index (χ4v) is 4.10. The van der Waals surface area contributed by atoms with E-state index in [1.54, 1.807) is 26.1 Å². The summed E-state index contributed by atoms with van der Waals surface area (Å²) >= 11 is 4.91. The maximum absolute atomic E-state index is 12.3. The molecule has 1 fully saturated rings. The molecule has 0 aromatic heterocycles. The number of halogens is 1. The molecule has 0 atom stereocenters. The van der Waals surface area contributed by atoms with Gasteiger partial charge < -0.3 is 9.47 Å². The Morgan fingerprint density at radius 3 is 2.63 bits per heavy atom. The van der Waals surface area contributed by atoms with Crippen molar-refractivity contribution in [1.29, 1.82) is 0 Å². The van der Waals surface area contributed by atoms with E-state index >= 15 is 0 Å². The topological polar surface area (TPSA) is 51.1 Å². The van der Waals surface area contributed by atoms with Gasteiger partial charge in [-0.25, -0.2) is 0 Å². The van der Waals surface area contributed by atoms with Gasteiger partial charge in [0.1, 0.15) is 6.61 Å². The maximum Gasteiger partial charge on any atom is 0.266 e. The van der Waals surface area contributed by atoms with Crippen molar-refractivity contribution in [3.63, 3.8) is 0 Å². The van der Waals surface area contributed by atoms with E-state index in [2.05, 4.69) is 20.9 Å². The van der Waals surface area contributed by atoms with E-state index in [4.69, 9.17) is 9.47 Å². The second-order valence-electron chi connectivity index (χ2n) is 5.79. The van der Waals surface area contributed by atoms with Gasteiger partial charge in [-0.3, -0.25) is 14.7 Å². The molecule has 1 aliphatic heterocycles. The minimum absolute atomic E-state index is 0.0694. The van der Waals surface area contributed by atoms with Crippen LogP contribution in [-0.4, -0.2) is 37.2 Å². The lowest BCUT2D eigenvalue weighted by molar-refractivity contribution is -0.121. The van der Waals surface area contributed by atoms with E-state index in [1.807, 2.05) is 48.5 Å². The normalized spacial score (nSPS) is 17.0. The lowest BCUT2D eigenvalue weighted by Crippen LogP contribution is -2.23. The number of thioether (sulfide) groups is 1. The van der Waals surface area contributed by atoms with E-state index in [-0.39, 0.29) is 5.91 Å². The van der Waals surface area contributed by atoms with Gasteiger partial charge in [-0.05, 0) is 57.0 Å². The Hall–Kier alpha value is -2.25. The highest BCUT2D eigenvalue weighted by Gasteiger charge is 2.29. The van der Waals surface area contributed by atoms with Gasteiger partial charge in [0.25, 0.3) is 5.91 Å². The molecule has 2 aromatic rings. The molecule has 1 amide bonds. The summed E-state index contributed by atoms with van der Waals surface area (Å²) < 4.78 is 12.2. The number of aliphatic imine (C=N–C) groups is 1. The zero-order valence-electron chi connectivity index (χ0n) is 15.2. The average Bonchev–Trinajstić information content (AvgIpc) is 2.95. The van der Waals surface area contributed by atoms with Crippen molar-refractivity contribution in [1.82, 2.24) is 4.90 Å². The van der Waals surface area contributed by atoms with Crippen molar-refractivity contribution in [2.45, 2.75) is 6.61 Å². The number of likely N-dealkylation sites (N-methyl/N-ethyl adjacent to an activating group) is 1. The molecule has 140 valence electrons. The molecule has 5 nitrogen and oxygen atoms in total. The van der Waals surface area contributed by atoms with E-state index < -0.39 is 0 Å². The van der Waals surface area contributed by atoms with Gasteiger partial charge >= 0.3 is 0 Å². The van der Waals surface area contributed by atoms with Crippen LogP contribution in [0.3, 0.4) is 0 Å². The van der Waals surface area contributed by atoms with Crippen LogP contribution in [0, 0.1) is 0 Å². The Labute approximate surface area is 171 Å². The molecule has 0 bridgehead atoms. The molecular weight excluding hydrogens is 428 g/mol. The Morgan fingerprint density at radius 2 is 2.00 bits per heavy atom. The molecule has 0 spiro atoms. The number of methoxy groups -OCH3 is 1. The molecular formula is C20H19BrN2O3S. The van der Waals surface area contributed by atoms with Gasteiger partial charge in [0.05, 0.1) is 16.5 Å². The lowest BCUT2D eigenvalue weighted by atomic mass is 10.1. The van der Waals surface area contributed by atoms with Crippen LogP contribution in [0.1, 0.15) is 11.1 Å². The zero-order chi connectivity index (χ0) is 19.4. The highest BCUT2D eigenvalue weighted by molar-refractivity contribution is 9.10. The number of carbonyl (C=O) groups is 1. The number of amidine groups is 1. The molecule has 1 aliphatic rings. The predicted octanol–water partition coefficient (Wildman–Crippen LogP) is 4.57. The molecule has 0 radical (unpaired) electrons. The Bertz CT molecular complexity index is 913. The fourth-order valence-electron chi connectivity index (χ4n) is 2.59. The summed E-state index contributed by atoms with van der Waals surface area (Å²) in [7, 11) is 4.99. The van der Waals surface area contributed by atoms with Gasteiger partial charge in [0.15, 0.2) is 16.7 Å². The van der Waals surface area contributed by atoms with Gasteiger partial charge in [-0.1, -0.05) is 30.3 Å². The van der Waals surface area contributed by atoms with Crippen LogP contribution in [0.2, 0.25) is 0 Å². The molecule has 3 rings (SSSR count). The molecule has 0 N–H and O–H groups in total. The van der Waals surface area contributed by atoms with Crippen molar-refractivity contribution in [2.24, 2.45) is 4.99 Å². The SMILES string of the molecule is CN=C1S/C(=C\c2cc(Br)c(OCc3ccccc3)c(OC)c2)C(=O)N1C. The lowest BCUT2D eigenvalue weighted by Gasteiger charge is -2.14. The van der Waals surface area contributed by atoms with Crippen LogP contribution in [0.4, 0.5) is 0 Å². The minimum atomic E-state index is -0.0694. The quantitative estimate of drug-likeness (QED) is 0.631. The van der Waals surface area contributed by atoms with Crippen molar-refractivity contribution in [2.75, 3.05) is 21.2 Å². The maximum atomic E-state index is 12.3. The van der Waals surface area contributed by atoms with E-state index in [0.717, 1.165) is 15.6 Å². The summed E-state index contributed by atoms with van der Waals surface area (Å²) in [5.41, 5.74) is 1.91. The largest absolute Gasteiger partial charge is 0.493 e. The first kappa shape index (κ1) is 19.5. The Morgan fingerprint density at radius 1 is 1.26 bits per heavy atom. The number of benzene rings is 2. The number of carbonyl (C=O) groups excluding carboxylic acids is 1. The van der Waals surface area contributed by atoms with Crippen LogP contribution in [0.25, 0.3) is 6.08 Å². The third kappa shape index (κ3) is 4.36. The Kier molecular flexibility index (Phi) is 6.23. The Balaban J connectivity index is 1.86. The third-order valence-corrected chi connectivity index (χ3v) is 5.71. The molecule has 1 heterocycles. The summed E-state index contributed by atoms with van der Waals surface area (Å²) in [6.45, 7) is 0.436. The molecule has 7 heteroatoms. The van der Waals surface area contributed by atoms with Crippen molar-refractivity contribution >= 4 is 44.8 Å². The molecule has 0 saturated carbocycles. The number of amides is 1. The van der Waals surface area contributed by atoms with Crippen LogP contribution < -0.4 is 9.47 Å². The van der Waals surface area contributed by atoms with E-state index in [0.29, 0.717) is 28.2 Å². The second kappa shape index (κ2) is 8.63. The molecule has 2 aromatic carbocycles. The predicted molar refractivity (Wildman–Crippen MR) is 113 cm³/mol. The number of hydrogen-bond acceptors (Lipinski definition) is 5.